The van der Waals surface area contributed by atoms with Crippen LogP contribution in [0.5, 0.6) is 5.75 Å². The Balaban J connectivity index is 1.99. The van der Waals surface area contributed by atoms with Crippen LogP contribution in [0.4, 0.5) is 0 Å². The second-order valence-corrected chi connectivity index (χ2v) is 5.99. The van der Waals surface area contributed by atoms with Gasteiger partial charge in [-0.3, -0.25) is 0 Å². The van der Waals surface area contributed by atoms with Crippen molar-refractivity contribution in [2.75, 3.05) is 0 Å². The summed E-state index contributed by atoms with van der Waals surface area (Å²) >= 11 is 12.4. The average Bonchev–Trinajstić information content (AvgIpc) is 2.45. The summed E-state index contributed by atoms with van der Waals surface area (Å²) in [5.74, 6) is 0.671. The number of benzene rings is 2. The number of rotatable bonds is 6. The first kappa shape index (κ1) is 16.2. The van der Waals surface area contributed by atoms with Crippen molar-refractivity contribution in [3.8, 4) is 5.75 Å². The lowest BCUT2D eigenvalue weighted by atomic mass is 10.2. The summed E-state index contributed by atoms with van der Waals surface area (Å²) in [6.07, 6.45) is 0. The maximum Gasteiger partial charge on any atom is 0.138 e. The van der Waals surface area contributed by atoms with Crippen molar-refractivity contribution in [1.82, 2.24) is 5.32 Å². The van der Waals surface area contributed by atoms with Crippen LogP contribution in [-0.4, -0.2) is 6.04 Å². The van der Waals surface area contributed by atoms with Gasteiger partial charge in [0.25, 0.3) is 0 Å². The molecule has 0 aromatic heterocycles. The van der Waals surface area contributed by atoms with Crippen molar-refractivity contribution in [3.63, 3.8) is 0 Å². The maximum absolute atomic E-state index is 6.26. The van der Waals surface area contributed by atoms with Gasteiger partial charge in [0, 0.05) is 23.2 Å². The zero-order valence-electron chi connectivity index (χ0n) is 12.2. The lowest BCUT2D eigenvalue weighted by Crippen LogP contribution is -2.21. The quantitative estimate of drug-likeness (QED) is 0.801. The van der Waals surface area contributed by atoms with Crippen LogP contribution < -0.4 is 10.1 Å². The maximum atomic E-state index is 6.26. The first-order valence-corrected chi connectivity index (χ1v) is 7.70. The van der Waals surface area contributed by atoms with Crippen LogP contribution in [0.2, 0.25) is 10.0 Å². The fourth-order valence-electron chi connectivity index (χ4n) is 1.86. The van der Waals surface area contributed by atoms with Crippen molar-refractivity contribution in [2.45, 2.75) is 33.0 Å². The average molecular weight is 324 g/mol. The molecule has 0 spiro atoms. The third-order valence-electron chi connectivity index (χ3n) is 3.05. The second kappa shape index (κ2) is 7.69. The largest absolute Gasteiger partial charge is 0.487 e. The van der Waals surface area contributed by atoms with Gasteiger partial charge in [-0.15, -0.1) is 0 Å². The third-order valence-corrected chi connectivity index (χ3v) is 3.72. The summed E-state index contributed by atoms with van der Waals surface area (Å²) in [6.45, 7) is 5.43. The molecule has 1 N–H and O–H groups in total. The Kier molecular flexibility index (Phi) is 5.92. The van der Waals surface area contributed by atoms with Gasteiger partial charge in [0.05, 0.1) is 5.02 Å². The minimum Gasteiger partial charge on any atom is -0.487 e. The van der Waals surface area contributed by atoms with Crippen molar-refractivity contribution in [1.29, 1.82) is 0 Å². The summed E-state index contributed by atoms with van der Waals surface area (Å²) in [7, 11) is 0. The number of halogens is 2. The Morgan fingerprint density at radius 2 is 1.81 bits per heavy atom. The van der Waals surface area contributed by atoms with Crippen LogP contribution in [0.1, 0.15) is 25.0 Å². The van der Waals surface area contributed by atoms with E-state index in [1.165, 1.54) is 0 Å². The fourth-order valence-corrected chi connectivity index (χ4v) is 2.31. The molecule has 0 bridgehead atoms. The van der Waals surface area contributed by atoms with Crippen molar-refractivity contribution >= 4 is 23.2 Å². The monoisotopic (exact) mass is 323 g/mol. The molecule has 112 valence electrons. The highest BCUT2D eigenvalue weighted by atomic mass is 35.5. The van der Waals surface area contributed by atoms with Gasteiger partial charge in [0.1, 0.15) is 12.4 Å². The van der Waals surface area contributed by atoms with Gasteiger partial charge >= 0.3 is 0 Å². The van der Waals surface area contributed by atoms with Crippen LogP contribution in [0.3, 0.4) is 0 Å². The molecule has 2 rings (SSSR count). The standard InChI is InChI=1S/C17H19Cl2NO/c1-12(2)20-10-13-7-8-17(16(19)9-13)21-11-14-5-3-4-6-15(14)18/h3-9,12,20H,10-11H2,1-2H3. The molecule has 0 amide bonds. The van der Waals surface area contributed by atoms with Crippen LogP contribution in [0.15, 0.2) is 42.5 Å². The van der Waals surface area contributed by atoms with Gasteiger partial charge in [-0.1, -0.05) is 61.3 Å². The summed E-state index contributed by atoms with van der Waals surface area (Å²) < 4.78 is 5.75. The van der Waals surface area contributed by atoms with Gasteiger partial charge in [-0.05, 0) is 23.8 Å². The van der Waals surface area contributed by atoms with Gasteiger partial charge in [-0.2, -0.15) is 0 Å². The van der Waals surface area contributed by atoms with E-state index in [0.29, 0.717) is 28.4 Å². The summed E-state index contributed by atoms with van der Waals surface area (Å²) in [4.78, 5) is 0. The highest BCUT2D eigenvalue weighted by molar-refractivity contribution is 6.32. The Bertz CT molecular complexity index is 599. The Labute approximate surface area is 136 Å². The molecular weight excluding hydrogens is 305 g/mol. The van der Waals surface area contributed by atoms with Crippen LogP contribution in [-0.2, 0) is 13.2 Å². The van der Waals surface area contributed by atoms with Gasteiger partial charge in [0.2, 0.25) is 0 Å². The van der Waals surface area contributed by atoms with Crippen LogP contribution >= 0.6 is 23.2 Å². The first-order valence-electron chi connectivity index (χ1n) is 6.94. The van der Waals surface area contributed by atoms with Crippen LogP contribution in [0.25, 0.3) is 0 Å². The molecule has 0 atom stereocenters. The molecule has 2 nitrogen and oxygen atoms in total. The minimum absolute atomic E-state index is 0.406. The summed E-state index contributed by atoms with van der Waals surface area (Å²) in [5.41, 5.74) is 2.08. The van der Waals surface area contributed by atoms with E-state index in [4.69, 9.17) is 27.9 Å². The molecule has 2 aromatic rings. The third kappa shape index (κ3) is 4.92. The van der Waals surface area contributed by atoms with Gasteiger partial charge in [0.15, 0.2) is 0 Å². The minimum atomic E-state index is 0.406. The van der Waals surface area contributed by atoms with E-state index in [1.54, 1.807) is 0 Å². The topological polar surface area (TPSA) is 21.3 Å². The SMILES string of the molecule is CC(C)NCc1ccc(OCc2ccccc2Cl)c(Cl)c1. The lowest BCUT2D eigenvalue weighted by molar-refractivity contribution is 0.306. The van der Waals surface area contributed by atoms with Crippen LogP contribution in [0, 0.1) is 0 Å². The number of nitrogens with one attached hydrogen (secondary N) is 1. The zero-order valence-corrected chi connectivity index (χ0v) is 13.7. The predicted molar refractivity (Wildman–Crippen MR) is 89.2 cm³/mol. The molecule has 4 heteroatoms. The molecule has 0 unspecified atom stereocenters. The van der Waals surface area contributed by atoms with E-state index < -0.39 is 0 Å². The molecule has 0 saturated carbocycles. The summed E-state index contributed by atoms with van der Waals surface area (Å²) in [5, 5.41) is 4.67. The summed E-state index contributed by atoms with van der Waals surface area (Å²) in [6, 6.07) is 13.9. The van der Waals surface area contributed by atoms with E-state index in [2.05, 4.69) is 19.2 Å². The fraction of sp³-hybridized carbons (Fsp3) is 0.294. The van der Waals surface area contributed by atoms with E-state index in [1.807, 2.05) is 42.5 Å². The molecule has 0 radical (unpaired) electrons. The molecule has 0 saturated heterocycles. The molecule has 0 aliphatic heterocycles. The molecule has 0 aliphatic carbocycles. The second-order valence-electron chi connectivity index (χ2n) is 5.18. The molecule has 0 heterocycles. The van der Waals surface area contributed by atoms with Crippen molar-refractivity contribution < 1.29 is 4.74 Å². The van der Waals surface area contributed by atoms with E-state index >= 15 is 0 Å². The number of hydrogen-bond donors (Lipinski definition) is 1. The highest BCUT2D eigenvalue weighted by Crippen LogP contribution is 2.27. The zero-order chi connectivity index (χ0) is 15.2. The molecule has 21 heavy (non-hydrogen) atoms. The molecule has 0 aliphatic rings. The van der Waals surface area contributed by atoms with Gasteiger partial charge < -0.3 is 10.1 Å². The normalized spacial score (nSPS) is 10.9. The Hall–Kier alpha value is -1.22. The number of ether oxygens (including phenoxy) is 1. The predicted octanol–water partition coefficient (Wildman–Crippen LogP) is 5.07. The van der Waals surface area contributed by atoms with E-state index in [9.17, 15) is 0 Å². The Morgan fingerprint density at radius 3 is 2.48 bits per heavy atom. The van der Waals surface area contributed by atoms with Crippen molar-refractivity contribution in [2.24, 2.45) is 0 Å². The number of hydrogen-bond acceptors (Lipinski definition) is 2. The smallest absolute Gasteiger partial charge is 0.138 e. The molecule has 0 fully saturated rings. The van der Waals surface area contributed by atoms with E-state index in [0.717, 1.165) is 17.7 Å². The first-order chi connectivity index (χ1) is 10.1. The van der Waals surface area contributed by atoms with Gasteiger partial charge in [-0.25, -0.2) is 0 Å². The highest BCUT2D eigenvalue weighted by Gasteiger charge is 2.06. The Morgan fingerprint density at radius 1 is 1.05 bits per heavy atom. The van der Waals surface area contributed by atoms with E-state index in [-0.39, 0.29) is 0 Å². The van der Waals surface area contributed by atoms with Crippen molar-refractivity contribution in [3.05, 3.63) is 63.6 Å². The lowest BCUT2D eigenvalue weighted by Gasteiger charge is -2.12. The molecular formula is C17H19Cl2NO. The molecule has 2 aromatic carbocycles.